The number of hydrogen-bond donors (Lipinski definition) is 0. The summed E-state index contributed by atoms with van der Waals surface area (Å²) in [5.41, 5.74) is 3.00. The Morgan fingerprint density at radius 3 is 2.93 bits per heavy atom. The lowest BCUT2D eigenvalue weighted by Gasteiger charge is -2.26. The highest BCUT2D eigenvalue weighted by Crippen LogP contribution is 2.33. The molecule has 3 heterocycles. The molecule has 28 heavy (non-hydrogen) atoms. The van der Waals surface area contributed by atoms with Gasteiger partial charge in [-0.1, -0.05) is 12.1 Å². The lowest BCUT2D eigenvalue weighted by Crippen LogP contribution is -2.36. The van der Waals surface area contributed by atoms with Crippen molar-refractivity contribution in [2.75, 3.05) is 20.3 Å². The Morgan fingerprint density at radius 2 is 2.18 bits per heavy atom. The molecule has 146 valence electrons. The van der Waals surface area contributed by atoms with Crippen LogP contribution in [0.4, 0.5) is 0 Å². The largest absolute Gasteiger partial charge is 0.383 e. The van der Waals surface area contributed by atoms with Crippen LogP contribution in [-0.2, 0) is 11.3 Å². The summed E-state index contributed by atoms with van der Waals surface area (Å²) in [6.45, 7) is 3.30. The topological polar surface area (TPSA) is 77.3 Å². The summed E-state index contributed by atoms with van der Waals surface area (Å²) in [6.07, 6.45) is 1.66. The van der Waals surface area contributed by atoms with Crippen molar-refractivity contribution in [3.05, 3.63) is 56.5 Å². The maximum absolute atomic E-state index is 13.1. The van der Waals surface area contributed by atoms with Crippen LogP contribution in [0.25, 0.3) is 10.9 Å². The lowest BCUT2D eigenvalue weighted by atomic mass is 10.1. The molecule has 2 aromatic heterocycles. The molecule has 0 spiro atoms. The summed E-state index contributed by atoms with van der Waals surface area (Å²) < 4.78 is 6.87. The Hall–Kier alpha value is -2.58. The summed E-state index contributed by atoms with van der Waals surface area (Å²) in [5, 5.41) is 0.580. The van der Waals surface area contributed by atoms with E-state index < -0.39 is 0 Å². The van der Waals surface area contributed by atoms with Crippen LogP contribution in [0.15, 0.2) is 34.6 Å². The van der Waals surface area contributed by atoms with Crippen molar-refractivity contribution in [3.63, 3.8) is 0 Å². The minimum Gasteiger partial charge on any atom is -0.383 e. The van der Waals surface area contributed by atoms with Crippen molar-refractivity contribution in [1.29, 1.82) is 0 Å². The number of carbonyl (C=O) groups is 1. The highest BCUT2D eigenvalue weighted by atomic mass is 32.1. The van der Waals surface area contributed by atoms with E-state index in [1.165, 1.54) is 11.3 Å². The molecule has 0 saturated carbocycles. The number of fused-ring (bicyclic) bond motifs is 1. The molecule has 1 aliphatic heterocycles. The van der Waals surface area contributed by atoms with E-state index in [2.05, 4.69) is 4.98 Å². The van der Waals surface area contributed by atoms with Gasteiger partial charge in [0, 0.05) is 13.7 Å². The first-order valence-electron chi connectivity index (χ1n) is 9.31. The summed E-state index contributed by atoms with van der Waals surface area (Å²) >= 11 is 1.35. The van der Waals surface area contributed by atoms with Crippen LogP contribution in [0, 0.1) is 6.92 Å². The van der Waals surface area contributed by atoms with Crippen LogP contribution in [0.2, 0.25) is 0 Å². The molecule has 0 radical (unpaired) electrons. The summed E-state index contributed by atoms with van der Waals surface area (Å²) in [6, 6.07) is 7.11. The number of para-hydroxylation sites is 1. The average molecular weight is 398 g/mol. The van der Waals surface area contributed by atoms with Crippen molar-refractivity contribution in [1.82, 2.24) is 19.4 Å². The molecule has 1 amide bonds. The fraction of sp³-hybridized carbons (Fsp3) is 0.400. The van der Waals surface area contributed by atoms with Gasteiger partial charge in [0.2, 0.25) is 0 Å². The summed E-state index contributed by atoms with van der Waals surface area (Å²) in [4.78, 5) is 37.8. The molecule has 0 bridgehead atoms. The van der Waals surface area contributed by atoms with Gasteiger partial charge in [0.05, 0.1) is 41.3 Å². The summed E-state index contributed by atoms with van der Waals surface area (Å²) in [7, 11) is 1.61. The van der Waals surface area contributed by atoms with Gasteiger partial charge >= 0.3 is 0 Å². The number of amides is 1. The van der Waals surface area contributed by atoms with Crippen molar-refractivity contribution in [3.8, 4) is 0 Å². The predicted octanol–water partition coefficient (Wildman–Crippen LogP) is 2.79. The molecule has 8 heteroatoms. The molecule has 0 N–H and O–H groups in total. The minimum absolute atomic E-state index is 0.0387. The van der Waals surface area contributed by atoms with E-state index in [-0.39, 0.29) is 17.5 Å². The fourth-order valence-electron chi connectivity index (χ4n) is 3.75. The van der Waals surface area contributed by atoms with E-state index in [0.29, 0.717) is 41.3 Å². The highest BCUT2D eigenvalue weighted by molar-refractivity contribution is 7.11. The van der Waals surface area contributed by atoms with E-state index in [1.807, 2.05) is 30.0 Å². The maximum atomic E-state index is 13.1. The van der Waals surface area contributed by atoms with Gasteiger partial charge < -0.3 is 9.64 Å². The third-order valence-electron chi connectivity index (χ3n) is 5.16. The number of benzene rings is 1. The van der Waals surface area contributed by atoms with E-state index in [4.69, 9.17) is 9.72 Å². The van der Waals surface area contributed by atoms with Gasteiger partial charge in [-0.2, -0.15) is 0 Å². The molecule has 7 nitrogen and oxygen atoms in total. The third kappa shape index (κ3) is 3.22. The number of ether oxygens (including phenoxy) is 1. The Kier molecular flexibility index (Phi) is 5.23. The second kappa shape index (κ2) is 7.81. The van der Waals surface area contributed by atoms with Gasteiger partial charge in [-0.25, -0.2) is 9.97 Å². The first-order valence-corrected chi connectivity index (χ1v) is 10.2. The number of rotatable bonds is 5. The highest BCUT2D eigenvalue weighted by Gasteiger charge is 2.35. The minimum atomic E-state index is -0.233. The van der Waals surface area contributed by atoms with Gasteiger partial charge in [-0.05, 0) is 31.9 Å². The van der Waals surface area contributed by atoms with E-state index in [0.717, 1.165) is 18.5 Å². The van der Waals surface area contributed by atoms with Crippen LogP contribution in [0.3, 0.4) is 0 Å². The third-order valence-corrected chi connectivity index (χ3v) is 6.08. The van der Waals surface area contributed by atoms with Gasteiger partial charge in [0.1, 0.15) is 10.7 Å². The van der Waals surface area contributed by atoms with Gasteiger partial charge in [0.15, 0.2) is 0 Å². The second-order valence-corrected chi connectivity index (χ2v) is 7.71. The van der Waals surface area contributed by atoms with E-state index >= 15 is 0 Å². The monoisotopic (exact) mass is 398 g/mol. The predicted molar refractivity (Wildman–Crippen MR) is 108 cm³/mol. The molecule has 1 unspecified atom stereocenters. The molecular formula is C20H22N4O3S. The molecule has 1 atom stereocenters. The molecular weight excluding hydrogens is 376 g/mol. The zero-order valence-electron chi connectivity index (χ0n) is 15.9. The average Bonchev–Trinajstić information content (AvgIpc) is 3.36. The van der Waals surface area contributed by atoms with Crippen LogP contribution in [0.1, 0.15) is 40.1 Å². The Bertz CT molecular complexity index is 1070. The second-order valence-electron chi connectivity index (χ2n) is 6.86. The van der Waals surface area contributed by atoms with E-state index in [9.17, 15) is 9.59 Å². The van der Waals surface area contributed by atoms with Crippen LogP contribution >= 0.6 is 11.3 Å². The van der Waals surface area contributed by atoms with Gasteiger partial charge in [0.25, 0.3) is 11.5 Å². The van der Waals surface area contributed by atoms with Gasteiger partial charge in [-0.3, -0.25) is 14.2 Å². The number of methoxy groups -OCH3 is 1. The van der Waals surface area contributed by atoms with Crippen molar-refractivity contribution >= 4 is 28.1 Å². The fourth-order valence-corrected chi connectivity index (χ4v) is 4.51. The van der Waals surface area contributed by atoms with Gasteiger partial charge in [-0.15, -0.1) is 11.3 Å². The maximum Gasteiger partial charge on any atom is 0.266 e. The molecule has 4 rings (SSSR count). The molecule has 1 saturated heterocycles. The Labute approximate surface area is 166 Å². The summed E-state index contributed by atoms with van der Waals surface area (Å²) in [5.74, 6) is 0.594. The number of aromatic nitrogens is 3. The SMILES string of the molecule is COCCn1c(C2CCCN2C(=O)c2scnc2C)nc2ccccc2c1=O. The standard InChI is InChI=1S/C20H22N4O3S/c1-13-17(28-12-21-13)20(26)23-9-5-8-16(23)18-22-15-7-4-3-6-14(15)19(25)24(18)10-11-27-2/h3-4,6-7,12,16H,5,8-11H2,1-2H3. The zero-order valence-corrected chi connectivity index (χ0v) is 16.7. The van der Waals surface area contributed by atoms with E-state index in [1.54, 1.807) is 23.3 Å². The Balaban J connectivity index is 1.81. The van der Waals surface area contributed by atoms with Crippen molar-refractivity contribution in [2.45, 2.75) is 32.4 Å². The van der Waals surface area contributed by atoms with Crippen LogP contribution in [0.5, 0.6) is 0 Å². The first-order chi connectivity index (χ1) is 13.6. The number of likely N-dealkylation sites (tertiary alicyclic amines) is 1. The quantitative estimate of drug-likeness (QED) is 0.660. The van der Waals surface area contributed by atoms with Crippen molar-refractivity contribution in [2.24, 2.45) is 0 Å². The number of nitrogens with zero attached hydrogens (tertiary/aromatic N) is 4. The molecule has 1 aliphatic rings. The normalized spacial score (nSPS) is 16.8. The zero-order chi connectivity index (χ0) is 19.7. The number of aryl methyl sites for hydroxylation is 1. The molecule has 0 aliphatic carbocycles. The molecule has 1 aromatic carbocycles. The molecule has 1 fully saturated rings. The number of hydrogen-bond acceptors (Lipinski definition) is 6. The smallest absolute Gasteiger partial charge is 0.266 e. The number of thiazole rings is 1. The Morgan fingerprint density at radius 1 is 1.36 bits per heavy atom. The number of carbonyl (C=O) groups excluding carboxylic acids is 1. The van der Waals surface area contributed by atoms with Crippen molar-refractivity contribution < 1.29 is 9.53 Å². The lowest BCUT2D eigenvalue weighted by molar-refractivity contribution is 0.0729. The van der Waals surface area contributed by atoms with Crippen LogP contribution in [-0.4, -0.2) is 45.6 Å². The molecule has 3 aromatic rings. The first kappa shape index (κ1) is 18.8. The van der Waals surface area contributed by atoms with Crippen LogP contribution < -0.4 is 5.56 Å².